The van der Waals surface area contributed by atoms with Crippen LogP contribution in [0.25, 0.3) is 11.3 Å². The number of hydrogen-bond donors (Lipinski definition) is 1. The number of aromatic nitrogens is 1. The molecule has 0 fully saturated rings. The smallest absolute Gasteiger partial charge is 0.172 e. The highest BCUT2D eigenvalue weighted by atomic mass is 79.9. The molecule has 0 radical (unpaired) electrons. The maximum absolute atomic E-state index is 5.86. The highest BCUT2D eigenvalue weighted by Crippen LogP contribution is 2.23. The highest BCUT2D eigenvalue weighted by Gasteiger charge is 2.05. The average Bonchev–Trinajstić information content (AvgIpc) is 3.24. The van der Waals surface area contributed by atoms with Gasteiger partial charge in [0.15, 0.2) is 5.84 Å². The van der Waals surface area contributed by atoms with Crippen molar-refractivity contribution >= 4 is 33.7 Å². The normalized spacial score (nSPS) is 11.7. The Hall–Kier alpha value is -3.51. The molecule has 0 amide bonds. The summed E-state index contributed by atoms with van der Waals surface area (Å²) in [4.78, 5) is 8.97. The molecule has 2 heterocycles. The summed E-state index contributed by atoms with van der Waals surface area (Å²) in [6.07, 6.45) is 3.34. The molecule has 0 aliphatic carbocycles. The van der Waals surface area contributed by atoms with E-state index in [1.54, 1.807) is 12.4 Å². The van der Waals surface area contributed by atoms with Gasteiger partial charge in [-0.25, -0.2) is 4.99 Å². The molecule has 0 atom stereocenters. The van der Waals surface area contributed by atoms with Crippen LogP contribution in [0.1, 0.15) is 11.5 Å². The van der Waals surface area contributed by atoms with E-state index in [1.165, 1.54) is 0 Å². The molecule has 1 N–H and O–H groups in total. The summed E-state index contributed by atoms with van der Waals surface area (Å²) in [7, 11) is 0. The number of para-hydroxylation sites is 1. The van der Waals surface area contributed by atoms with Gasteiger partial charge >= 0.3 is 0 Å². The van der Waals surface area contributed by atoms with Crippen molar-refractivity contribution in [3.05, 3.63) is 107 Å². The van der Waals surface area contributed by atoms with E-state index >= 15 is 0 Å². The predicted molar refractivity (Wildman–Crippen MR) is 119 cm³/mol. The second-order valence-corrected chi connectivity index (χ2v) is 7.01. The lowest BCUT2D eigenvalue weighted by Gasteiger charge is -2.05. The number of hydrogen-bond acceptors (Lipinski definition) is 4. The zero-order chi connectivity index (χ0) is 19.9. The molecular weight excluding hydrogens is 428 g/mol. The van der Waals surface area contributed by atoms with E-state index in [9.17, 15) is 0 Å². The Kier molecular flexibility index (Phi) is 5.92. The van der Waals surface area contributed by atoms with E-state index in [0.717, 1.165) is 21.5 Å². The van der Waals surface area contributed by atoms with Crippen molar-refractivity contribution in [3.8, 4) is 11.3 Å². The fourth-order valence-corrected chi connectivity index (χ4v) is 2.89. The highest BCUT2D eigenvalue weighted by molar-refractivity contribution is 9.10. The quantitative estimate of drug-likeness (QED) is 0.240. The SMILES string of the molecule is Brc1ccc(-c2ccc(C=NNC(=Nc3ccccc3)c3ccccn3)o2)cc1. The Morgan fingerprint density at radius 2 is 1.69 bits per heavy atom. The molecule has 0 saturated carbocycles. The summed E-state index contributed by atoms with van der Waals surface area (Å²) in [5.41, 5.74) is 5.49. The monoisotopic (exact) mass is 444 g/mol. The molecule has 2 aromatic heterocycles. The van der Waals surface area contributed by atoms with Crippen molar-refractivity contribution in [2.45, 2.75) is 0 Å². The fraction of sp³-hybridized carbons (Fsp3) is 0. The number of pyridine rings is 1. The molecule has 4 rings (SSSR count). The van der Waals surface area contributed by atoms with E-state index in [-0.39, 0.29) is 0 Å². The van der Waals surface area contributed by atoms with Crippen molar-refractivity contribution in [1.29, 1.82) is 0 Å². The first kappa shape index (κ1) is 18.8. The summed E-state index contributed by atoms with van der Waals surface area (Å²) in [6.45, 7) is 0. The number of halogens is 1. The lowest BCUT2D eigenvalue weighted by Crippen LogP contribution is -2.20. The van der Waals surface area contributed by atoms with Crippen molar-refractivity contribution in [1.82, 2.24) is 10.4 Å². The molecule has 5 nitrogen and oxygen atoms in total. The van der Waals surface area contributed by atoms with Gasteiger partial charge in [-0.3, -0.25) is 10.4 Å². The van der Waals surface area contributed by atoms with E-state index < -0.39 is 0 Å². The van der Waals surface area contributed by atoms with Crippen LogP contribution in [0.5, 0.6) is 0 Å². The molecule has 4 aromatic rings. The first-order chi connectivity index (χ1) is 14.3. The van der Waals surface area contributed by atoms with Crippen LogP contribution >= 0.6 is 15.9 Å². The summed E-state index contributed by atoms with van der Waals surface area (Å²) in [6, 6.07) is 27.0. The van der Waals surface area contributed by atoms with Crippen LogP contribution < -0.4 is 5.43 Å². The zero-order valence-electron chi connectivity index (χ0n) is 15.4. The third-order valence-electron chi connectivity index (χ3n) is 4.02. The summed E-state index contributed by atoms with van der Waals surface area (Å²) < 4.78 is 6.88. The summed E-state index contributed by atoms with van der Waals surface area (Å²) in [5, 5.41) is 4.29. The number of benzene rings is 2. The van der Waals surface area contributed by atoms with E-state index in [2.05, 4.69) is 36.4 Å². The standard InChI is InChI=1S/C23H17BrN4O/c24-18-11-9-17(10-12-18)22-14-13-20(29-22)16-26-28-23(21-8-4-5-15-25-21)27-19-6-2-1-3-7-19/h1-16H,(H,27,28). The topological polar surface area (TPSA) is 62.8 Å². The van der Waals surface area contributed by atoms with Crippen LogP contribution in [0.3, 0.4) is 0 Å². The minimum atomic E-state index is 0.549. The van der Waals surface area contributed by atoms with Crippen molar-refractivity contribution in [2.75, 3.05) is 0 Å². The average molecular weight is 445 g/mol. The third kappa shape index (κ3) is 5.06. The van der Waals surface area contributed by atoms with Gasteiger partial charge in [0, 0.05) is 16.2 Å². The van der Waals surface area contributed by atoms with Crippen molar-refractivity contribution < 1.29 is 4.42 Å². The first-order valence-corrected chi connectivity index (χ1v) is 9.77. The minimum Gasteiger partial charge on any atom is -0.455 e. The number of rotatable bonds is 5. The molecule has 6 heteroatoms. The van der Waals surface area contributed by atoms with Gasteiger partial charge in [0.1, 0.15) is 17.2 Å². The Morgan fingerprint density at radius 3 is 2.45 bits per heavy atom. The molecule has 142 valence electrons. The fourth-order valence-electron chi connectivity index (χ4n) is 2.62. The van der Waals surface area contributed by atoms with Crippen LogP contribution in [0.4, 0.5) is 5.69 Å². The maximum Gasteiger partial charge on any atom is 0.172 e. The lowest BCUT2D eigenvalue weighted by molar-refractivity contribution is 0.574. The van der Waals surface area contributed by atoms with Gasteiger partial charge in [0.05, 0.1) is 11.9 Å². The molecule has 0 saturated heterocycles. The number of nitrogens with zero attached hydrogens (tertiary/aromatic N) is 3. The molecule has 0 aliphatic rings. The summed E-state index contributed by atoms with van der Waals surface area (Å²) >= 11 is 3.44. The van der Waals surface area contributed by atoms with E-state index in [1.807, 2.05) is 84.9 Å². The van der Waals surface area contributed by atoms with E-state index in [0.29, 0.717) is 17.3 Å². The molecule has 0 unspecified atom stereocenters. The van der Waals surface area contributed by atoms with Crippen LogP contribution in [-0.2, 0) is 0 Å². The molecule has 0 spiro atoms. The van der Waals surface area contributed by atoms with Gasteiger partial charge in [-0.1, -0.05) is 52.3 Å². The van der Waals surface area contributed by atoms with Crippen molar-refractivity contribution in [2.24, 2.45) is 10.1 Å². The second-order valence-electron chi connectivity index (χ2n) is 6.09. The van der Waals surface area contributed by atoms with Gasteiger partial charge in [0.2, 0.25) is 0 Å². The molecular formula is C23H17BrN4O. The van der Waals surface area contributed by atoms with Gasteiger partial charge in [-0.2, -0.15) is 5.10 Å². The second kappa shape index (κ2) is 9.12. The van der Waals surface area contributed by atoms with Gasteiger partial charge < -0.3 is 4.42 Å². The van der Waals surface area contributed by atoms with Crippen LogP contribution in [0.2, 0.25) is 0 Å². The zero-order valence-corrected chi connectivity index (χ0v) is 17.0. The Balaban J connectivity index is 1.52. The molecule has 2 aromatic carbocycles. The molecule has 0 aliphatic heterocycles. The van der Waals surface area contributed by atoms with Crippen LogP contribution in [0.15, 0.2) is 110 Å². The van der Waals surface area contributed by atoms with E-state index in [4.69, 9.17) is 4.42 Å². The Labute approximate surface area is 177 Å². The predicted octanol–water partition coefficient (Wildman–Crippen LogP) is 5.81. The Morgan fingerprint density at radius 1 is 0.897 bits per heavy atom. The number of amidine groups is 1. The first-order valence-electron chi connectivity index (χ1n) is 8.98. The third-order valence-corrected chi connectivity index (χ3v) is 4.55. The number of hydrazone groups is 1. The Bertz CT molecular complexity index is 1120. The number of aliphatic imine (C=N–C) groups is 1. The molecule has 0 bridgehead atoms. The summed E-state index contributed by atoms with van der Waals surface area (Å²) in [5.74, 6) is 1.96. The van der Waals surface area contributed by atoms with Gasteiger partial charge in [-0.05, 0) is 48.5 Å². The number of furan rings is 1. The minimum absolute atomic E-state index is 0.549. The van der Waals surface area contributed by atoms with Gasteiger partial charge in [-0.15, -0.1) is 0 Å². The van der Waals surface area contributed by atoms with Crippen LogP contribution in [0, 0.1) is 0 Å². The van der Waals surface area contributed by atoms with Crippen LogP contribution in [-0.4, -0.2) is 17.0 Å². The lowest BCUT2D eigenvalue weighted by atomic mass is 10.2. The number of nitrogens with one attached hydrogen (secondary N) is 1. The molecule has 29 heavy (non-hydrogen) atoms. The van der Waals surface area contributed by atoms with Crippen molar-refractivity contribution in [3.63, 3.8) is 0 Å². The largest absolute Gasteiger partial charge is 0.455 e. The maximum atomic E-state index is 5.86. The van der Waals surface area contributed by atoms with Gasteiger partial charge in [0.25, 0.3) is 0 Å².